The van der Waals surface area contributed by atoms with E-state index in [1.165, 1.54) is 11.3 Å². The third-order valence-electron chi connectivity index (χ3n) is 3.35. The van der Waals surface area contributed by atoms with Crippen molar-refractivity contribution in [2.45, 2.75) is 30.1 Å². The van der Waals surface area contributed by atoms with E-state index in [2.05, 4.69) is 9.97 Å². The summed E-state index contributed by atoms with van der Waals surface area (Å²) in [5.74, 6) is 0.778. The molecule has 3 rings (SSSR count). The topological polar surface area (TPSA) is 57.0 Å². The summed E-state index contributed by atoms with van der Waals surface area (Å²) in [4.78, 5) is 22.3. The van der Waals surface area contributed by atoms with Crippen LogP contribution in [0.15, 0.2) is 9.13 Å². The second-order valence-electron chi connectivity index (χ2n) is 4.52. The molecule has 0 spiro atoms. The Hall–Kier alpha value is -0.920. The molecule has 5 nitrogen and oxygen atoms in total. The van der Waals surface area contributed by atoms with Crippen LogP contribution in [0.1, 0.15) is 24.7 Å². The van der Waals surface area contributed by atoms with Gasteiger partial charge in [-0.15, -0.1) is 0 Å². The molecule has 1 saturated heterocycles. The Morgan fingerprint density at radius 1 is 1.37 bits per heavy atom. The summed E-state index contributed by atoms with van der Waals surface area (Å²) in [6.07, 6.45) is 3.70. The lowest BCUT2D eigenvalue weighted by molar-refractivity contribution is 0.0679. The van der Waals surface area contributed by atoms with Crippen molar-refractivity contribution >= 4 is 33.4 Å². The van der Waals surface area contributed by atoms with Crippen LogP contribution in [0.25, 0.3) is 10.3 Å². The number of ether oxygens (including phenoxy) is 1. The molecule has 0 bridgehead atoms. The van der Waals surface area contributed by atoms with Crippen LogP contribution >= 0.6 is 23.1 Å². The predicted molar refractivity (Wildman–Crippen MR) is 77.3 cm³/mol. The number of hydrogen-bond donors (Lipinski definition) is 0. The van der Waals surface area contributed by atoms with Gasteiger partial charge in [-0.25, -0.2) is 9.97 Å². The fourth-order valence-electron chi connectivity index (χ4n) is 2.43. The summed E-state index contributed by atoms with van der Waals surface area (Å²) >= 11 is 3.03. The van der Waals surface area contributed by atoms with Crippen LogP contribution in [0.4, 0.5) is 0 Å². The van der Waals surface area contributed by atoms with Crippen LogP contribution in [0, 0.1) is 6.92 Å². The van der Waals surface area contributed by atoms with Gasteiger partial charge in [-0.05, 0) is 26.0 Å². The molecule has 2 aromatic rings. The standard InChI is InChI=1S/C12H15N3O2S2/c1-7-13-10-9(14-12(18-2)19-10)11(16)15(7)8-3-5-17-6-4-8/h8H,3-6H2,1-2H3. The van der Waals surface area contributed by atoms with Gasteiger partial charge in [0.25, 0.3) is 5.56 Å². The Morgan fingerprint density at radius 2 is 2.11 bits per heavy atom. The largest absolute Gasteiger partial charge is 0.381 e. The van der Waals surface area contributed by atoms with Gasteiger partial charge in [-0.1, -0.05) is 23.1 Å². The molecular formula is C12H15N3O2S2. The molecule has 0 aliphatic carbocycles. The number of aromatic nitrogens is 3. The highest BCUT2D eigenvalue weighted by atomic mass is 32.2. The lowest BCUT2D eigenvalue weighted by atomic mass is 10.1. The van der Waals surface area contributed by atoms with Crippen LogP contribution in [0.2, 0.25) is 0 Å². The van der Waals surface area contributed by atoms with E-state index in [4.69, 9.17) is 4.74 Å². The van der Waals surface area contributed by atoms with E-state index in [-0.39, 0.29) is 11.6 Å². The highest BCUT2D eigenvalue weighted by Gasteiger charge is 2.21. The van der Waals surface area contributed by atoms with Crippen molar-refractivity contribution in [3.05, 3.63) is 16.2 Å². The zero-order valence-electron chi connectivity index (χ0n) is 10.9. The smallest absolute Gasteiger partial charge is 0.281 e. The number of thioether (sulfide) groups is 1. The minimum Gasteiger partial charge on any atom is -0.381 e. The van der Waals surface area contributed by atoms with Gasteiger partial charge in [0.2, 0.25) is 0 Å². The van der Waals surface area contributed by atoms with Crippen molar-refractivity contribution in [2.24, 2.45) is 0 Å². The zero-order valence-corrected chi connectivity index (χ0v) is 12.5. The minimum absolute atomic E-state index is 0.00838. The zero-order chi connectivity index (χ0) is 13.4. The first-order valence-corrected chi connectivity index (χ1v) is 8.26. The van der Waals surface area contributed by atoms with E-state index < -0.39 is 0 Å². The summed E-state index contributed by atoms with van der Waals surface area (Å²) in [5, 5.41) is 0. The van der Waals surface area contributed by atoms with E-state index >= 15 is 0 Å². The van der Waals surface area contributed by atoms with E-state index in [0.29, 0.717) is 18.7 Å². The number of nitrogens with zero attached hydrogens (tertiary/aromatic N) is 3. The monoisotopic (exact) mass is 297 g/mol. The second-order valence-corrected chi connectivity index (χ2v) is 6.55. The minimum atomic E-state index is -0.00838. The molecular weight excluding hydrogens is 282 g/mol. The summed E-state index contributed by atoms with van der Waals surface area (Å²) in [6, 6.07) is 0.192. The second kappa shape index (κ2) is 5.22. The SMILES string of the molecule is CSc1nc2c(=O)n(C3CCOCC3)c(C)nc2s1. The lowest BCUT2D eigenvalue weighted by Gasteiger charge is -2.25. The number of fused-ring (bicyclic) bond motifs is 1. The Morgan fingerprint density at radius 3 is 2.79 bits per heavy atom. The highest BCUT2D eigenvalue weighted by Crippen LogP contribution is 2.27. The Labute approximate surface area is 119 Å². The summed E-state index contributed by atoms with van der Waals surface area (Å²) in [7, 11) is 0. The maximum Gasteiger partial charge on any atom is 0.281 e. The normalized spacial score (nSPS) is 17.2. The molecule has 0 aromatic carbocycles. The molecule has 0 radical (unpaired) electrons. The molecule has 7 heteroatoms. The molecule has 0 N–H and O–H groups in total. The van der Waals surface area contributed by atoms with Crippen LogP contribution in [0.5, 0.6) is 0 Å². The van der Waals surface area contributed by atoms with E-state index in [0.717, 1.165) is 27.8 Å². The molecule has 102 valence electrons. The van der Waals surface area contributed by atoms with Gasteiger partial charge in [-0.2, -0.15) is 0 Å². The third kappa shape index (κ3) is 2.30. The Balaban J connectivity index is 2.15. The van der Waals surface area contributed by atoms with Crippen molar-refractivity contribution < 1.29 is 4.74 Å². The van der Waals surface area contributed by atoms with Crippen molar-refractivity contribution in [3.63, 3.8) is 0 Å². The fraction of sp³-hybridized carbons (Fsp3) is 0.583. The van der Waals surface area contributed by atoms with Gasteiger partial charge in [0.15, 0.2) is 14.7 Å². The van der Waals surface area contributed by atoms with Crippen molar-refractivity contribution in [1.29, 1.82) is 0 Å². The molecule has 1 fully saturated rings. The molecule has 1 aliphatic rings. The number of thiazole rings is 1. The van der Waals surface area contributed by atoms with Crippen LogP contribution < -0.4 is 5.56 Å². The van der Waals surface area contributed by atoms with Gasteiger partial charge in [0.1, 0.15) is 5.82 Å². The Kier molecular flexibility index (Phi) is 3.60. The van der Waals surface area contributed by atoms with Crippen molar-refractivity contribution in [3.8, 4) is 0 Å². The van der Waals surface area contributed by atoms with E-state index in [9.17, 15) is 4.79 Å². The van der Waals surface area contributed by atoms with Crippen LogP contribution in [-0.4, -0.2) is 34.0 Å². The summed E-state index contributed by atoms with van der Waals surface area (Å²) < 4.78 is 8.05. The van der Waals surface area contributed by atoms with Gasteiger partial charge < -0.3 is 4.74 Å². The molecule has 0 atom stereocenters. The number of hydrogen-bond acceptors (Lipinski definition) is 6. The Bertz CT molecular complexity index is 659. The molecule has 19 heavy (non-hydrogen) atoms. The third-order valence-corrected chi connectivity index (χ3v) is 5.29. The first kappa shape index (κ1) is 13.1. The molecule has 1 aliphatic heterocycles. The maximum absolute atomic E-state index is 12.6. The fourth-order valence-corrected chi connectivity index (χ4v) is 3.89. The average molecular weight is 297 g/mol. The predicted octanol–water partition coefficient (Wildman–Crippen LogP) is 2.23. The first-order chi connectivity index (χ1) is 9.20. The van der Waals surface area contributed by atoms with E-state index in [1.807, 2.05) is 13.2 Å². The lowest BCUT2D eigenvalue weighted by Crippen LogP contribution is -2.31. The molecule has 3 heterocycles. The molecule has 0 amide bonds. The van der Waals surface area contributed by atoms with Gasteiger partial charge >= 0.3 is 0 Å². The van der Waals surface area contributed by atoms with Gasteiger partial charge in [0, 0.05) is 19.3 Å². The highest BCUT2D eigenvalue weighted by molar-refractivity contribution is 8.00. The van der Waals surface area contributed by atoms with Gasteiger partial charge in [-0.3, -0.25) is 9.36 Å². The van der Waals surface area contributed by atoms with Crippen molar-refractivity contribution in [2.75, 3.05) is 19.5 Å². The molecule has 0 unspecified atom stereocenters. The van der Waals surface area contributed by atoms with Crippen LogP contribution in [0.3, 0.4) is 0 Å². The van der Waals surface area contributed by atoms with Crippen LogP contribution in [-0.2, 0) is 4.74 Å². The molecule has 0 saturated carbocycles. The first-order valence-electron chi connectivity index (χ1n) is 6.22. The van der Waals surface area contributed by atoms with E-state index in [1.54, 1.807) is 16.3 Å². The van der Waals surface area contributed by atoms with Gasteiger partial charge in [0.05, 0.1) is 0 Å². The average Bonchev–Trinajstić information content (AvgIpc) is 2.83. The number of rotatable bonds is 2. The summed E-state index contributed by atoms with van der Waals surface area (Å²) in [6.45, 7) is 3.32. The van der Waals surface area contributed by atoms with Crippen molar-refractivity contribution in [1.82, 2.24) is 14.5 Å². The quantitative estimate of drug-likeness (QED) is 0.796. The number of aryl methyl sites for hydroxylation is 1. The molecule has 2 aromatic heterocycles. The summed E-state index contributed by atoms with van der Waals surface area (Å²) in [5.41, 5.74) is 0.498. The maximum atomic E-state index is 12.6.